The van der Waals surface area contributed by atoms with Crippen LogP contribution in [0.2, 0.25) is 0 Å². The van der Waals surface area contributed by atoms with Crippen molar-refractivity contribution in [3.8, 4) is 0 Å². The zero-order valence-corrected chi connectivity index (χ0v) is 11.9. The molecule has 0 amide bonds. The Morgan fingerprint density at radius 3 is 2.41 bits per heavy atom. The van der Waals surface area contributed by atoms with Crippen LogP contribution in [0.25, 0.3) is 0 Å². The Morgan fingerprint density at radius 1 is 1.29 bits per heavy atom. The van der Waals surface area contributed by atoms with E-state index in [1.165, 1.54) is 0 Å². The third-order valence-corrected chi connectivity index (χ3v) is 3.47. The molecule has 0 saturated heterocycles. The first kappa shape index (κ1) is 14.4. The molecule has 0 aliphatic rings. The van der Waals surface area contributed by atoms with Crippen LogP contribution in [0.3, 0.4) is 0 Å². The van der Waals surface area contributed by atoms with Crippen LogP contribution in [-0.4, -0.2) is 5.78 Å². The Balaban J connectivity index is 2.96. The van der Waals surface area contributed by atoms with Gasteiger partial charge in [0.05, 0.1) is 10.0 Å². The fourth-order valence-corrected chi connectivity index (χ4v) is 2.38. The van der Waals surface area contributed by atoms with E-state index in [0.29, 0.717) is 4.47 Å². The lowest BCUT2D eigenvalue weighted by Crippen LogP contribution is -2.16. The number of carbonyl (C=O) groups excluding carboxylic acids is 1. The van der Waals surface area contributed by atoms with Gasteiger partial charge in [-0.15, -0.1) is 0 Å². The molecule has 1 nitrogen and oxygen atoms in total. The first-order valence-corrected chi connectivity index (χ1v) is 6.89. The molecular weight excluding hydrogens is 283 g/mol. The fraction of sp³-hybridized carbons (Fsp3) is 0.500. The molecule has 3 heteroatoms. The molecule has 1 rings (SSSR count). The van der Waals surface area contributed by atoms with Gasteiger partial charge in [0.15, 0.2) is 5.78 Å². The highest BCUT2D eigenvalue weighted by Crippen LogP contribution is 2.24. The third kappa shape index (κ3) is 3.63. The summed E-state index contributed by atoms with van der Waals surface area (Å²) in [6.45, 7) is 4.10. The van der Waals surface area contributed by atoms with E-state index in [0.717, 1.165) is 25.7 Å². The van der Waals surface area contributed by atoms with Gasteiger partial charge < -0.3 is 0 Å². The first-order valence-electron chi connectivity index (χ1n) is 6.10. The highest BCUT2D eigenvalue weighted by molar-refractivity contribution is 9.10. The topological polar surface area (TPSA) is 17.1 Å². The number of halogens is 2. The van der Waals surface area contributed by atoms with Crippen molar-refractivity contribution in [2.75, 3.05) is 0 Å². The molecule has 0 aromatic heterocycles. The minimum Gasteiger partial charge on any atom is -0.294 e. The van der Waals surface area contributed by atoms with Crippen molar-refractivity contribution in [3.63, 3.8) is 0 Å². The van der Waals surface area contributed by atoms with Gasteiger partial charge in [-0.2, -0.15) is 0 Å². The van der Waals surface area contributed by atoms with Gasteiger partial charge in [0.25, 0.3) is 0 Å². The van der Waals surface area contributed by atoms with E-state index in [9.17, 15) is 9.18 Å². The second kappa shape index (κ2) is 6.90. The predicted octanol–water partition coefficient (Wildman–Crippen LogP) is 4.99. The van der Waals surface area contributed by atoms with E-state index in [2.05, 4.69) is 15.9 Å². The fourth-order valence-electron chi connectivity index (χ4n) is 2.02. The van der Waals surface area contributed by atoms with E-state index in [4.69, 9.17) is 0 Å². The minimum atomic E-state index is -0.435. The minimum absolute atomic E-state index is 0.0474. The van der Waals surface area contributed by atoms with E-state index in [1.807, 2.05) is 13.8 Å². The first-order chi connectivity index (χ1) is 8.11. The summed E-state index contributed by atoms with van der Waals surface area (Å²) in [6.07, 6.45) is 3.56. The molecule has 0 saturated carbocycles. The van der Waals surface area contributed by atoms with Crippen molar-refractivity contribution in [1.82, 2.24) is 0 Å². The maximum Gasteiger partial charge on any atom is 0.168 e. The second-order valence-corrected chi connectivity index (χ2v) is 5.09. The number of rotatable bonds is 6. The monoisotopic (exact) mass is 300 g/mol. The van der Waals surface area contributed by atoms with Crippen molar-refractivity contribution in [2.45, 2.75) is 39.5 Å². The highest BCUT2D eigenvalue weighted by Gasteiger charge is 2.22. The van der Waals surface area contributed by atoms with Crippen LogP contribution in [0.15, 0.2) is 22.7 Å². The smallest absolute Gasteiger partial charge is 0.168 e. The molecule has 0 bridgehead atoms. The van der Waals surface area contributed by atoms with Crippen LogP contribution in [-0.2, 0) is 0 Å². The molecule has 0 N–H and O–H groups in total. The molecule has 0 aliphatic heterocycles. The second-order valence-electron chi connectivity index (χ2n) is 4.24. The van der Waals surface area contributed by atoms with Gasteiger partial charge in [0.1, 0.15) is 5.82 Å². The van der Waals surface area contributed by atoms with Crippen LogP contribution >= 0.6 is 15.9 Å². The predicted molar refractivity (Wildman–Crippen MR) is 71.7 cm³/mol. The summed E-state index contributed by atoms with van der Waals surface area (Å²) in [5, 5.41) is 0. The molecule has 0 radical (unpaired) electrons. The van der Waals surface area contributed by atoms with Crippen LogP contribution in [0, 0.1) is 11.7 Å². The zero-order valence-electron chi connectivity index (χ0n) is 10.3. The average Bonchev–Trinajstić information content (AvgIpc) is 2.31. The SMILES string of the molecule is CCCC(CCC)C(=O)c1cccc(Br)c1F. The maximum absolute atomic E-state index is 13.8. The molecule has 17 heavy (non-hydrogen) atoms. The summed E-state index contributed by atoms with van der Waals surface area (Å²) in [5.41, 5.74) is 0.214. The van der Waals surface area contributed by atoms with E-state index >= 15 is 0 Å². The Kier molecular flexibility index (Phi) is 5.83. The van der Waals surface area contributed by atoms with Crippen LogP contribution in [0.5, 0.6) is 0 Å². The van der Waals surface area contributed by atoms with Gasteiger partial charge in [0.2, 0.25) is 0 Å². The molecule has 0 heterocycles. The summed E-state index contributed by atoms with van der Waals surface area (Å²) in [7, 11) is 0. The van der Waals surface area contributed by atoms with Crippen molar-refractivity contribution in [3.05, 3.63) is 34.1 Å². The Bertz CT molecular complexity index is 384. The normalized spacial score (nSPS) is 10.9. The summed E-state index contributed by atoms with van der Waals surface area (Å²) < 4.78 is 14.2. The van der Waals surface area contributed by atoms with E-state index in [1.54, 1.807) is 18.2 Å². The summed E-state index contributed by atoms with van der Waals surface area (Å²) >= 11 is 3.11. The van der Waals surface area contributed by atoms with Crippen LogP contribution < -0.4 is 0 Å². The lowest BCUT2D eigenvalue weighted by Gasteiger charge is -2.14. The van der Waals surface area contributed by atoms with Gasteiger partial charge in [0, 0.05) is 5.92 Å². The van der Waals surface area contributed by atoms with Gasteiger partial charge in [-0.1, -0.05) is 32.8 Å². The van der Waals surface area contributed by atoms with Crippen LogP contribution in [0.1, 0.15) is 49.9 Å². The van der Waals surface area contributed by atoms with Gasteiger partial charge in [-0.3, -0.25) is 4.79 Å². The molecule has 0 atom stereocenters. The number of carbonyl (C=O) groups is 1. The largest absolute Gasteiger partial charge is 0.294 e. The van der Waals surface area contributed by atoms with Crippen molar-refractivity contribution < 1.29 is 9.18 Å². The molecule has 0 unspecified atom stereocenters. The van der Waals surface area contributed by atoms with Crippen LogP contribution in [0.4, 0.5) is 4.39 Å². The zero-order chi connectivity index (χ0) is 12.8. The number of hydrogen-bond acceptors (Lipinski definition) is 1. The van der Waals surface area contributed by atoms with Gasteiger partial charge in [-0.05, 0) is 40.9 Å². The molecular formula is C14H18BrFO. The van der Waals surface area contributed by atoms with Gasteiger partial charge in [-0.25, -0.2) is 4.39 Å². The average molecular weight is 301 g/mol. The Morgan fingerprint density at radius 2 is 1.88 bits per heavy atom. The Labute approximate surface area is 111 Å². The molecule has 1 aromatic rings. The Hall–Kier alpha value is -0.700. The highest BCUT2D eigenvalue weighted by atomic mass is 79.9. The van der Waals surface area contributed by atoms with Crippen molar-refractivity contribution in [1.29, 1.82) is 0 Å². The van der Waals surface area contributed by atoms with Crippen molar-refractivity contribution in [2.24, 2.45) is 5.92 Å². The number of ketones is 1. The maximum atomic E-state index is 13.8. The summed E-state index contributed by atoms with van der Waals surface area (Å²) in [4.78, 5) is 12.2. The molecule has 0 fully saturated rings. The molecule has 1 aromatic carbocycles. The third-order valence-electron chi connectivity index (χ3n) is 2.86. The van der Waals surface area contributed by atoms with Crippen molar-refractivity contribution >= 4 is 21.7 Å². The van der Waals surface area contributed by atoms with E-state index < -0.39 is 5.82 Å². The molecule has 0 spiro atoms. The lowest BCUT2D eigenvalue weighted by molar-refractivity contribution is 0.0900. The standard InChI is InChI=1S/C14H18BrFO/c1-3-6-10(7-4-2)14(17)11-8-5-9-12(15)13(11)16/h5,8-10H,3-4,6-7H2,1-2H3. The molecule has 0 aliphatic carbocycles. The number of Topliss-reactive ketones (excluding diaryl/α,β-unsaturated/α-hetero) is 1. The number of hydrogen-bond donors (Lipinski definition) is 0. The summed E-state index contributed by atoms with van der Waals surface area (Å²) in [5.74, 6) is -0.545. The van der Waals surface area contributed by atoms with E-state index in [-0.39, 0.29) is 17.3 Å². The summed E-state index contributed by atoms with van der Waals surface area (Å²) in [6, 6.07) is 4.89. The van der Waals surface area contributed by atoms with Gasteiger partial charge >= 0.3 is 0 Å². The molecule has 94 valence electrons. The lowest BCUT2D eigenvalue weighted by atomic mass is 9.89. The number of benzene rings is 1. The quantitative estimate of drug-likeness (QED) is 0.677.